The smallest absolute Gasteiger partial charge is 0.270 e. The highest BCUT2D eigenvalue weighted by atomic mass is 16.3. The molecule has 0 bridgehead atoms. The third-order valence-electron chi connectivity index (χ3n) is 3.28. The van der Waals surface area contributed by atoms with Gasteiger partial charge in [0.15, 0.2) is 5.58 Å². The summed E-state index contributed by atoms with van der Waals surface area (Å²) in [7, 11) is 1.90. The molecular formula is C12H14N2O2. The fraction of sp³-hybridized carbons (Fsp3) is 0.417. The second-order valence-corrected chi connectivity index (χ2v) is 4.26. The van der Waals surface area contributed by atoms with Crippen molar-refractivity contribution in [3.8, 4) is 0 Å². The lowest BCUT2D eigenvalue weighted by molar-refractivity contribution is 0.0784. The van der Waals surface area contributed by atoms with E-state index in [-0.39, 0.29) is 5.91 Å². The van der Waals surface area contributed by atoms with Crippen LogP contribution in [0.15, 0.2) is 22.8 Å². The van der Waals surface area contributed by atoms with Crippen molar-refractivity contribution < 1.29 is 9.21 Å². The Morgan fingerprint density at radius 2 is 2.12 bits per heavy atom. The SMILES string of the molecule is Cn1c(C(=O)N2CCCC2)cc2occc21. The van der Waals surface area contributed by atoms with Gasteiger partial charge in [-0.3, -0.25) is 4.79 Å². The van der Waals surface area contributed by atoms with Crippen LogP contribution in [-0.2, 0) is 7.05 Å². The van der Waals surface area contributed by atoms with Gasteiger partial charge in [0, 0.05) is 32.3 Å². The number of amides is 1. The van der Waals surface area contributed by atoms with Gasteiger partial charge in [-0.1, -0.05) is 0 Å². The first-order chi connectivity index (χ1) is 7.77. The number of likely N-dealkylation sites (tertiary alicyclic amines) is 1. The van der Waals surface area contributed by atoms with Crippen molar-refractivity contribution in [2.45, 2.75) is 12.8 Å². The molecule has 1 saturated heterocycles. The van der Waals surface area contributed by atoms with Crippen LogP contribution in [0.5, 0.6) is 0 Å². The predicted molar refractivity (Wildman–Crippen MR) is 60.3 cm³/mol. The van der Waals surface area contributed by atoms with Gasteiger partial charge in [0.05, 0.1) is 11.8 Å². The van der Waals surface area contributed by atoms with Crippen LogP contribution in [-0.4, -0.2) is 28.5 Å². The summed E-state index contributed by atoms with van der Waals surface area (Å²) in [6.07, 6.45) is 3.88. The summed E-state index contributed by atoms with van der Waals surface area (Å²) < 4.78 is 7.20. The lowest BCUT2D eigenvalue weighted by Gasteiger charge is -2.15. The standard InChI is InChI=1S/C12H14N2O2/c1-13-9-4-7-16-11(9)8-10(13)12(15)14-5-2-3-6-14/h4,7-8H,2-3,5-6H2,1H3. The van der Waals surface area contributed by atoms with Gasteiger partial charge in [-0.25, -0.2) is 0 Å². The topological polar surface area (TPSA) is 38.4 Å². The highest BCUT2D eigenvalue weighted by molar-refractivity contribution is 5.97. The van der Waals surface area contributed by atoms with Crippen LogP contribution in [0.3, 0.4) is 0 Å². The molecule has 0 N–H and O–H groups in total. The molecule has 0 aromatic carbocycles. The third-order valence-corrected chi connectivity index (χ3v) is 3.28. The summed E-state index contributed by atoms with van der Waals surface area (Å²) in [6, 6.07) is 3.71. The van der Waals surface area contributed by atoms with Crippen LogP contribution < -0.4 is 0 Å². The second-order valence-electron chi connectivity index (χ2n) is 4.26. The number of aryl methyl sites for hydroxylation is 1. The number of fused-ring (bicyclic) bond motifs is 1. The van der Waals surface area contributed by atoms with Crippen molar-refractivity contribution in [1.82, 2.24) is 9.47 Å². The number of carbonyl (C=O) groups is 1. The maximum absolute atomic E-state index is 12.2. The number of aromatic nitrogens is 1. The van der Waals surface area contributed by atoms with Crippen molar-refractivity contribution in [3.05, 3.63) is 24.1 Å². The fourth-order valence-electron chi connectivity index (χ4n) is 2.34. The Morgan fingerprint density at radius 3 is 2.81 bits per heavy atom. The average Bonchev–Trinajstić information content (AvgIpc) is 2.95. The van der Waals surface area contributed by atoms with Gasteiger partial charge >= 0.3 is 0 Å². The highest BCUT2D eigenvalue weighted by Crippen LogP contribution is 2.22. The lowest BCUT2D eigenvalue weighted by Crippen LogP contribution is -2.29. The Labute approximate surface area is 93.4 Å². The van der Waals surface area contributed by atoms with E-state index in [1.165, 1.54) is 0 Å². The molecular weight excluding hydrogens is 204 g/mol. The Bertz CT molecular complexity index is 532. The van der Waals surface area contributed by atoms with Crippen molar-refractivity contribution in [1.29, 1.82) is 0 Å². The summed E-state index contributed by atoms with van der Waals surface area (Å²) in [5.41, 5.74) is 2.48. The molecule has 0 spiro atoms. The molecule has 0 saturated carbocycles. The second kappa shape index (κ2) is 3.40. The number of carbonyl (C=O) groups excluding carboxylic acids is 1. The van der Waals surface area contributed by atoms with Crippen molar-refractivity contribution >= 4 is 17.0 Å². The quantitative estimate of drug-likeness (QED) is 0.734. The van der Waals surface area contributed by atoms with Crippen LogP contribution in [0, 0.1) is 0 Å². The van der Waals surface area contributed by atoms with Gasteiger partial charge in [0.2, 0.25) is 0 Å². The molecule has 0 aliphatic carbocycles. The highest BCUT2D eigenvalue weighted by Gasteiger charge is 2.23. The first-order valence-electron chi connectivity index (χ1n) is 5.59. The number of nitrogens with zero attached hydrogens (tertiary/aromatic N) is 2. The van der Waals surface area contributed by atoms with E-state index in [1.807, 2.05) is 28.6 Å². The van der Waals surface area contributed by atoms with E-state index in [0.717, 1.165) is 42.7 Å². The minimum atomic E-state index is 0.117. The van der Waals surface area contributed by atoms with Crippen LogP contribution in [0.4, 0.5) is 0 Å². The first kappa shape index (κ1) is 9.51. The van der Waals surface area contributed by atoms with E-state index >= 15 is 0 Å². The van der Waals surface area contributed by atoms with Crippen LogP contribution >= 0.6 is 0 Å². The van der Waals surface area contributed by atoms with E-state index in [4.69, 9.17) is 4.42 Å². The monoisotopic (exact) mass is 218 g/mol. The molecule has 3 heterocycles. The van der Waals surface area contributed by atoms with Gasteiger partial charge in [-0.05, 0) is 12.8 Å². The van der Waals surface area contributed by atoms with E-state index in [1.54, 1.807) is 6.26 Å². The minimum Gasteiger partial charge on any atom is -0.463 e. The zero-order valence-electron chi connectivity index (χ0n) is 9.27. The predicted octanol–water partition coefficient (Wildman–Crippen LogP) is 2.01. The largest absolute Gasteiger partial charge is 0.463 e. The molecule has 0 radical (unpaired) electrons. The van der Waals surface area contributed by atoms with E-state index in [2.05, 4.69) is 0 Å². The van der Waals surface area contributed by atoms with Crippen molar-refractivity contribution in [2.75, 3.05) is 13.1 Å². The maximum Gasteiger partial charge on any atom is 0.270 e. The van der Waals surface area contributed by atoms with Gasteiger partial charge in [-0.15, -0.1) is 0 Å². The maximum atomic E-state index is 12.2. The van der Waals surface area contributed by atoms with Crippen LogP contribution in [0.25, 0.3) is 11.1 Å². The zero-order valence-corrected chi connectivity index (χ0v) is 9.27. The zero-order chi connectivity index (χ0) is 11.1. The average molecular weight is 218 g/mol. The molecule has 1 aliphatic heterocycles. The van der Waals surface area contributed by atoms with Crippen molar-refractivity contribution in [3.63, 3.8) is 0 Å². The Morgan fingerprint density at radius 1 is 1.38 bits per heavy atom. The Hall–Kier alpha value is -1.71. The summed E-state index contributed by atoms with van der Waals surface area (Å²) in [5.74, 6) is 0.117. The molecule has 0 atom stereocenters. The van der Waals surface area contributed by atoms with E-state index in [9.17, 15) is 4.79 Å². The number of furan rings is 1. The Kier molecular flexibility index (Phi) is 2.02. The lowest BCUT2D eigenvalue weighted by atomic mass is 10.3. The normalized spacial score (nSPS) is 16.2. The molecule has 1 amide bonds. The molecule has 0 unspecified atom stereocenters. The fourth-order valence-corrected chi connectivity index (χ4v) is 2.34. The van der Waals surface area contributed by atoms with Gasteiger partial charge < -0.3 is 13.9 Å². The van der Waals surface area contributed by atoms with Gasteiger partial charge in [0.25, 0.3) is 5.91 Å². The van der Waals surface area contributed by atoms with Crippen LogP contribution in [0.1, 0.15) is 23.3 Å². The number of hydrogen-bond acceptors (Lipinski definition) is 2. The van der Waals surface area contributed by atoms with Crippen LogP contribution in [0.2, 0.25) is 0 Å². The molecule has 3 rings (SSSR count). The molecule has 84 valence electrons. The van der Waals surface area contributed by atoms with Gasteiger partial charge in [-0.2, -0.15) is 0 Å². The summed E-state index contributed by atoms with van der Waals surface area (Å²) in [6.45, 7) is 1.76. The molecule has 1 aliphatic rings. The molecule has 16 heavy (non-hydrogen) atoms. The summed E-state index contributed by atoms with van der Waals surface area (Å²) in [5, 5.41) is 0. The molecule has 2 aromatic heterocycles. The molecule has 1 fully saturated rings. The Balaban J connectivity index is 2.01. The first-order valence-corrected chi connectivity index (χ1v) is 5.59. The van der Waals surface area contributed by atoms with E-state index in [0.29, 0.717) is 0 Å². The van der Waals surface area contributed by atoms with E-state index < -0.39 is 0 Å². The molecule has 4 nitrogen and oxygen atoms in total. The third kappa shape index (κ3) is 1.26. The number of hydrogen-bond donors (Lipinski definition) is 0. The van der Waals surface area contributed by atoms with Gasteiger partial charge in [0.1, 0.15) is 5.69 Å². The summed E-state index contributed by atoms with van der Waals surface area (Å²) >= 11 is 0. The summed E-state index contributed by atoms with van der Waals surface area (Å²) in [4.78, 5) is 14.1. The number of rotatable bonds is 1. The minimum absolute atomic E-state index is 0.117. The molecule has 2 aromatic rings. The molecule has 4 heteroatoms. The van der Waals surface area contributed by atoms with Crippen molar-refractivity contribution in [2.24, 2.45) is 7.05 Å².